The first-order valence-electron chi connectivity index (χ1n) is 6.77. The lowest BCUT2D eigenvalue weighted by atomic mass is 10.1. The Morgan fingerprint density at radius 2 is 1.81 bits per heavy atom. The minimum atomic E-state index is -0.101. The molecule has 2 rings (SSSR count). The number of nitrogens with zero attached hydrogens (tertiary/aromatic N) is 1. The fourth-order valence-electron chi connectivity index (χ4n) is 2.00. The van der Waals surface area contributed by atoms with Gasteiger partial charge in [0.2, 0.25) is 0 Å². The zero-order chi connectivity index (χ0) is 15.4. The Kier molecular flexibility index (Phi) is 5.15. The first kappa shape index (κ1) is 15.7. The first-order chi connectivity index (χ1) is 9.95. The number of carbonyl (C=O) groups excluding carboxylic acids is 1. The third-order valence-corrected chi connectivity index (χ3v) is 4.00. The van der Waals surface area contributed by atoms with Gasteiger partial charge in [-0.2, -0.15) is 0 Å². The van der Waals surface area contributed by atoms with Crippen LogP contribution in [0.15, 0.2) is 46.9 Å². The summed E-state index contributed by atoms with van der Waals surface area (Å²) >= 11 is 3.45. The van der Waals surface area contributed by atoms with E-state index in [0.29, 0.717) is 5.56 Å². The second-order valence-corrected chi connectivity index (χ2v) is 6.21. The predicted molar refractivity (Wildman–Crippen MR) is 90.7 cm³/mol. The van der Waals surface area contributed by atoms with E-state index >= 15 is 0 Å². The molecule has 3 nitrogen and oxygen atoms in total. The van der Waals surface area contributed by atoms with E-state index in [4.69, 9.17) is 0 Å². The van der Waals surface area contributed by atoms with Crippen molar-refractivity contribution < 1.29 is 4.79 Å². The van der Waals surface area contributed by atoms with E-state index in [1.165, 1.54) is 5.56 Å². The van der Waals surface area contributed by atoms with Gasteiger partial charge in [-0.1, -0.05) is 34.1 Å². The van der Waals surface area contributed by atoms with Crippen LogP contribution < -0.4 is 5.32 Å². The number of rotatable bonds is 4. The van der Waals surface area contributed by atoms with Gasteiger partial charge in [0, 0.05) is 22.3 Å². The van der Waals surface area contributed by atoms with Crippen molar-refractivity contribution in [1.29, 1.82) is 0 Å². The van der Waals surface area contributed by atoms with Crippen LogP contribution in [-0.4, -0.2) is 24.9 Å². The van der Waals surface area contributed by atoms with Gasteiger partial charge in [-0.05, 0) is 56.4 Å². The first-order valence-corrected chi connectivity index (χ1v) is 7.56. The van der Waals surface area contributed by atoms with Crippen LogP contribution in [0.25, 0.3) is 0 Å². The molecule has 0 aliphatic heterocycles. The fraction of sp³-hybridized carbons (Fsp3) is 0.235. The van der Waals surface area contributed by atoms with Crippen LogP contribution in [0.2, 0.25) is 0 Å². The summed E-state index contributed by atoms with van der Waals surface area (Å²) in [6.07, 6.45) is 0. The molecule has 0 aromatic heterocycles. The third kappa shape index (κ3) is 4.41. The van der Waals surface area contributed by atoms with Gasteiger partial charge in [0.1, 0.15) is 0 Å². The predicted octanol–water partition coefficient (Wildman–Crippen LogP) is 4.07. The average Bonchev–Trinajstić information content (AvgIpc) is 2.43. The summed E-state index contributed by atoms with van der Waals surface area (Å²) in [5.41, 5.74) is 3.78. The molecule has 0 heterocycles. The molecule has 0 aliphatic rings. The van der Waals surface area contributed by atoms with Crippen molar-refractivity contribution in [2.75, 3.05) is 19.4 Å². The molecule has 0 spiro atoms. The van der Waals surface area contributed by atoms with E-state index in [2.05, 4.69) is 26.1 Å². The van der Waals surface area contributed by atoms with Gasteiger partial charge in [-0.15, -0.1) is 0 Å². The molecule has 1 amide bonds. The fourth-order valence-corrected chi connectivity index (χ4v) is 2.37. The molecule has 0 aliphatic carbocycles. The molecular formula is C17H19BrN2O. The standard InChI is InChI=1S/C17H19BrN2O/c1-12-4-7-14(10-16(12)18)17(21)19-15-8-5-13(6-9-15)11-20(2)3/h4-10H,11H2,1-3H3,(H,19,21). The van der Waals surface area contributed by atoms with Gasteiger partial charge in [0.05, 0.1) is 0 Å². The molecule has 0 fully saturated rings. The highest BCUT2D eigenvalue weighted by atomic mass is 79.9. The van der Waals surface area contributed by atoms with Crippen molar-refractivity contribution in [3.05, 3.63) is 63.6 Å². The lowest BCUT2D eigenvalue weighted by molar-refractivity contribution is 0.102. The number of benzene rings is 2. The Morgan fingerprint density at radius 1 is 1.14 bits per heavy atom. The summed E-state index contributed by atoms with van der Waals surface area (Å²) in [5.74, 6) is -0.101. The van der Waals surface area contributed by atoms with Crippen molar-refractivity contribution in [3.8, 4) is 0 Å². The zero-order valence-corrected chi connectivity index (χ0v) is 14.1. The number of carbonyl (C=O) groups is 1. The highest BCUT2D eigenvalue weighted by molar-refractivity contribution is 9.10. The largest absolute Gasteiger partial charge is 0.322 e. The summed E-state index contributed by atoms with van der Waals surface area (Å²) in [4.78, 5) is 14.3. The molecule has 0 atom stereocenters. The quantitative estimate of drug-likeness (QED) is 0.904. The Morgan fingerprint density at radius 3 is 2.38 bits per heavy atom. The number of hydrogen-bond donors (Lipinski definition) is 1. The Hall–Kier alpha value is -1.65. The van der Waals surface area contributed by atoms with Crippen LogP contribution in [0.4, 0.5) is 5.69 Å². The van der Waals surface area contributed by atoms with Gasteiger partial charge >= 0.3 is 0 Å². The Labute approximate surface area is 134 Å². The Bertz CT molecular complexity index is 636. The van der Waals surface area contributed by atoms with Gasteiger partial charge in [0.15, 0.2) is 0 Å². The minimum Gasteiger partial charge on any atom is -0.322 e. The van der Waals surface area contributed by atoms with Gasteiger partial charge in [-0.3, -0.25) is 4.79 Å². The Balaban J connectivity index is 2.06. The summed E-state index contributed by atoms with van der Waals surface area (Å²) in [5, 5.41) is 2.91. The molecule has 0 bridgehead atoms. The molecule has 0 saturated carbocycles. The average molecular weight is 347 g/mol. The maximum Gasteiger partial charge on any atom is 0.255 e. The van der Waals surface area contributed by atoms with E-state index in [9.17, 15) is 4.79 Å². The van der Waals surface area contributed by atoms with Crippen LogP contribution >= 0.6 is 15.9 Å². The van der Waals surface area contributed by atoms with E-state index in [1.807, 2.05) is 63.5 Å². The van der Waals surface area contributed by atoms with Crippen molar-refractivity contribution in [1.82, 2.24) is 4.90 Å². The van der Waals surface area contributed by atoms with Crippen molar-refractivity contribution in [2.45, 2.75) is 13.5 Å². The molecular weight excluding hydrogens is 328 g/mol. The molecule has 2 aromatic rings. The smallest absolute Gasteiger partial charge is 0.255 e. The molecule has 21 heavy (non-hydrogen) atoms. The van der Waals surface area contributed by atoms with Crippen LogP contribution in [0.1, 0.15) is 21.5 Å². The maximum absolute atomic E-state index is 12.2. The van der Waals surface area contributed by atoms with Crippen molar-refractivity contribution in [2.24, 2.45) is 0 Å². The van der Waals surface area contributed by atoms with Crippen LogP contribution in [-0.2, 0) is 6.54 Å². The molecule has 110 valence electrons. The molecule has 0 unspecified atom stereocenters. The van der Waals surface area contributed by atoms with Crippen LogP contribution in [0.3, 0.4) is 0 Å². The van der Waals surface area contributed by atoms with Crippen molar-refractivity contribution >= 4 is 27.5 Å². The highest BCUT2D eigenvalue weighted by Gasteiger charge is 2.07. The number of anilines is 1. The van der Waals surface area contributed by atoms with Gasteiger partial charge in [0.25, 0.3) is 5.91 Å². The van der Waals surface area contributed by atoms with Gasteiger partial charge in [-0.25, -0.2) is 0 Å². The normalized spacial score (nSPS) is 10.7. The SMILES string of the molecule is Cc1ccc(C(=O)Nc2ccc(CN(C)C)cc2)cc1Br. The summed E-state index contributed by atoms with van der Waals surface area (Å²) in [6, 6.07) is 13.5. The lowest BCUT2D eigenvalue weighted by Crippen LogP contribution is -2.13. The number of halogens is 1. The van der Waals surface area contributed by atoms with E-state index in [0.717, 1.165) is 22.3 Å². The molecule has 2 aromatic carbocycles. The molecule has 4 heteroatoms. The second kappa shape index (κ2) is 6.87. The lowest BCUT2D eigenvalue weighted by Gasteiger charge is -2.11. The minimum absolute atomic E-state index is 0.101. The van der Waals surface area contributed by atoms with E-state index in [-0.39, 0.29) is 5.91 Å². The number of nitrogens with one attached hydrogen (secondary N) is 1. The van der Waals surface area contributed by atoms with Crippen LogP contribution in [0.5, 0.6) is 0 Å². The number of hydrogen-bond acceptors (Lipinski definition) is 2. The molecule has 0 radical (unpaired) electrons. The van der Waals surface area contributed by atoms with Crippen LogP contribution in [0, 0.1) is 6.92 Å². The maximum atomic E-state index is 12.2. The third-order valence-electron chi connectivity index (χ3n) is 3.14. The van der Waals surface area contributed by atoms with Gasteiger partial charge < -0.3 is 10.2 Å². The van der Waals surface area contributed by atoms with E-state index < -0.39 is 0 Å². The number of aryl methyl sites for hydroxylation is 1. The molecule has 0 saturated heterocycles. The topological polar surface area (TPSA) is 32.3 Å². The summed E-state index contributed by atoms with van der Waals surface area (Å²) in [6.45, 7) is 2.88. The summed E-state index contributed by atoms with van der Waals surface area (Å²) < 4.78 is 0.941. The second-order valence-electron chi connectivity index (χ2n) is 5.35. The number of amides is 1. The summed E-state index contributed by atoms with van der Waals surface area (Å²) in [7, 11) is 4.07. The van der Waals surface area contributed by atoms with E-state index in [1.54, 1.807) is 0 Å². The zero-order valence-electron chi connectivity index (χ0n) is 12.5. The van der Waals surface area contributed by atoms with Crippen molar-refractivity contribution in [3.63, 3.8) is 0 Å². The highest BCUT2D eigenvalue weighted by Crippen LogP contribution is 2.19. The molecule has 1 N–H and O–H groups in total. The monoisotopic (exact) mass is 346 g/mol.